The number of aromatic nitrogens is 2. The van der Waals surface area contributed by atoms with E-state index in [1.165, 1.54) is 6.92 Å². The third-order valence-electron chi connectivity index (χ3n) is 4.30. The van der Waals surface area contributed by atoms with Crippen molar-refractivity contribution in [1.29, 1.82) is 5.26 Å². The van der Waals surface area contributed by atoms with E-state index in [0.717, 1.165) is 11.1 Å². The number of hydrogen-bond acceptors (Lipinski definition) is 7. The number of aryl methyl sites for hydroxylation is 1. The minimum Gasteiger partial charge on any atom is -0.493 e. The first-order chi connectivity index (χ1) is 15.0. The molecule has 158 valence electrons. The standard InChI is InChI=1S/C23H21N3O5/c1-15-21(12-18(13-24)23(28)26-15)17-4-9-22(25-14-17)30-11-3-10-29-19-5-7-20(8-6-19)31-16(2)27/h4-9,12,14H,3,10-11H2,1-2H3,(H,26,28). The molecular formula is C23H21N3O5. The molecule has 0 fully saturated rings. The number of nitrogens with zero attached hydrogens (tertiary/aromatic N) is 2. The van der Waals surface area contributed by atoms with Crippen LogP contribution in [0.25, 0.3) is 11.1 Å². The Balaban J connectivity index is 1.47. The quantitative estimate of drug-likeness (QED) is 0.338. The molecule has 0 radical (unpaired) electrons. The van der Waals surface area contributed by atoms with Gasteiger partial charge in [-0.3, -0.25) is 9.59 Å². The smallest absolute Gasteiger partial charge is 0.308 e. The van der Waals surface area contributed by atoms with Crippen LogP contribution < -0.4 is 19.8 Å². The fourth-order valence-electron chi connectivity index (χ4n) is 2.83. The molecule has 0 saturated carbocycles. The maximum Gasteiger partial charge on any atom is 0.308 e. The van der Waals surface area contributed by atoms with Crippen molar-refractivity contribution in [2.45, 2.75) is 20.3 Å². The number of aromatic amines is 1. The lowest BCUT2D eigenvalue weighted by Crippen LogP contribution is -2.12. The van der Waals surface area contributed by atoms with E-state index in [2.05, 4.69) is 9.97 Å². The summed E-state index contributed by atoms with van der Waals surface area (Å²) in [5.41, 5.74) is 1.83. The Hall–Kier alpha value is -4.12. The number of benzene rings is 1. The number of carbonyl (C=O) groups is 1. The van der Waals surface area contributed by atoms with Gasteiger partial charge >= 0.3 is 5.97 Å². The Morgan fingerprint density at radius 2 is 1.81 bits per heavy atom. The predicted molar refractivity (Wildman–Crippen MR) is 113 cm³/mol. The number of hydrogen-bond donors (Lipinski definition) is 1. The Bertz CT molecular complexity index is 1150. The Labute approximate surface area is 179 Å². The number of pyridine rings is 2. The molecule has 0 amide bonds. The molecular weight excluding hydrogens is 398 g/mol. The Morgan fingerprint density at radius 3 is 2.45 bits per heavy atom. The highest BCUT2D eigenvalue weighted by Crippen LogP contribution is 2.23. The molecule has 3 rings (SSSR count). The van der Waals surface area contributed by atoms with Crippen LogP contribution >= 0.6 is 0 Å². The highest BCUT2D eigenvalue weighted by molar-refractivity contribution is 5.69. The topological polar surface area (TPSA) is 114 Å². The molecule has 0 atom stereocenters. The third-order valence-corrected chi connectivity index (χ3v) is 4.30. The van der Waals surface area contributed by atoms with Gasteiger partial charge in [0.15, 0.2) is 0 Å². The zero-order valence-electron chi connectivity index (χ0n) is 17.2. The summed E-state index contributed by atoms with van der Waals surface area (Å²) < 4.78 is 16.2. The summed E-state index contributed by atoms with van der Waals surface area (Å²) in [6.45, 7) is 4.00. The fourth-order valence-corrected chi connectivity index (χ4v) is 2.83. The maximum absolute atomic E-state index is 11.7. The van der Waals surface area contributed by atoms with Gasteiger partial charge < -0.3 is 19.2 Å². The largest absolute Gasteiger partial charge is 0.493 e. The minimum atomic E-state index is -0.404. The Morgan fingerprint density at radius 1 is 1.10 bits per heavy atom. The van der Waals surface area contributed by atoms with E-state index < -0.39 is 5.56 Å². The van der Waals surface area contributed by atoms with Gasteiger partial charge in [-0.1, -0.05) is 0 Å². The lowest BCUT2D eigenvalue weighted by molar-refractivity contribution is -0.131. The number of rotatable bonds is 8. The summed E-state index contributed by atoms with van der Waals surface area (Å²) in [5.74, 6) is 1.25. The summed E-state index contributed by atoms with van der Waals surface area (Å²) in [7, 11) is 0. The van der Waals surface area contributed by atoms with Crippen molar-refractivity contribution in [1.82, 2.24) is 9.97 Å². The molecule has 1 N–H and O–H groups in total. The first kappa shape index (κ1) is 21.6. The predicted octanol–water partition coefficient (Wildman–Crippen LogP) is 3.39. The molecule has 3 aromatic rings. The highest BCUT2D eigenvalue weighted by atomic mass is 16.5. The van der Waals surface area contributed by atoms with Gasteiger partial charge in [-0.15, -0.1) is 0 Å². The molecule has 2 heterocycles. The van der Waals surface area contributed by atoms with Crippen molar-refractivity contribution < 1.29 is 19.0 Å². The average Bonchev–Trinajstić information content (AvgIpc) is 2.75. The summed E-state index contributed by atoms with van der Waals surface area (Å²) in [4.78, 5) is 29.5. The number of carbonyl (C=O) groups excluding carboxylic acids is 1. The number of nitrogens with one attached hydrogen (secondary N) is 1. The molecule has 0 aliphatic rings. The van der Waals surface area contributed by atoms with Gasteiger partial charge in [0.1, 0.15) is 23.1 Å². The van der Waals surface area contributed by atoms with E-state index in [4.69, 9.17) is 19.5 Å². The van der Waals surface area contributed by atoms with Crippen LogP contribution in [-0.2, 0) is 4.79 Å². The third kappa shape index (κ3) is 5.93. The first-order valence-electron chi connectivity index (χ1n) is 9.61. The van der Waals surface area contributed by atoms with Crippen molar-refractivity contribution in [2.75, 3.05) is 13.2 Å². The average molecular weight is 419 g/mol. The summed E-state index contributed by atoms with van der Waals surface area (Å²) in [6, 6.07) is 13.8. The fraction of sp³-hybridized carbons (Fsp3) is 0.217. The number of H-pyrrole nitrogens is 1. The second-order valence-electron chi connectivity index (χ2n) is 6.66. The lowest BCUT2D eigenvalue weighted by Gasteiger charge is -2.09. The molecule has 0 bridgehead atoms. The normalized spacial score (nSPS) is 10.2. The maximum atomic E-state index is 11.7. The van der Waals surface area contributed by atoms with Crippen molar-refractivity contribution in [3.05, 3.63) is 70.3 Å². The van der Waals surface area contributed by atoms with Crippen molar-refractivity contribution in [3.63, 3.8) is 0 Å². The molecule has 31 heavy (non-hydrogen) atoms. The van der Waals surface area contributed by atoms with Gasteiger partial charge in [0, 0.05) is 42.4 Å². The van der Waals surface area contributed by atoms with Crippen LogP contribution in [0.15, 0.2) is 53.5 Å². The molecule has 0 saturated heterocycles. The number of nitriles is 1. The van der Waals surface area contributed by atoms with Gasteiger partial charge in [-0.25, -0.2) is 4.98 Å². The molecule has 0 spiro atoms. The lowest BCUT2D eigenvalue weighted by atomic mass is 10.0. The molecule has 0 aliphatic heterocycles. The second kappa shape index (κ2) is 10.1. The SMILES string of the molecule is CC(=O)Oc1ccc(OCCCOc2ccc(-c3cc(C#N)c(=O)[nH]c3C)cn2)cc1. The highest BCUT2D eigenvalue weighted by Gasteiger charge is 2.08. The molecule has 1 aromatic carbocycles. The summed E-state index contributed by atoms with van der Waals surface area (Å²) in [5, 5.41) is 9.05. The van der Waals surface area contributed by atoms with E-state index in [1.807, 2.05) is 12.1 Å². The van der Waals surface area contributed by atoms with Crippen LogP contribution in [-0.4, -0.2) is 29.2 Å². The van der Waals surface area contributed by atoms with Crippen LogP contribution in [0.3, 0.4) is 0 Å². The van der Waals surface area contributed by atoms with Crippen molar-refractivity contribution >= 4 is 5.97 Å². The van der Waals surface area contributed by atoms with E-state index in [9.17, 15) is 9.59 Å². The molecule has 2 aromatic heterocycles. The van der Waals surface area contributed by atoms with E-state index in [-0.39, 0.29) is 11.5 Å². The van der Waals surface area contributed by atoms with Gasteiger partial charge in [-0.05, 0) is 43.3 Å². The molecule has 0 aliphatic carbocycles. The van der Waals surface area contributed by atoms with E-state index in [0.29, 0.717) is 42.7 Å². The summed E-state index contributed by atoms with van der Waals surface area (Å²) in [6.07, 6.45) is 2.29. The second-order valence-corrected chi connectivity index (χ2v) is 6.66. The van der Waals surface area contributed by atoms with Gasteiger partial charge in [0.2, 0.25) is 5.88 Å². The molecule has 8 nitrogen and oxygen atoms in total. The van der Waals surface area contributed by atoms with Crippen LogP contribution in [0.4, 0.5) is 0 Å². The zero-order valence-corrected chi connectivity index (χ0v) is 17.2. The Kier molecular flexibility index (Phi) is 7.01. The summed E-state index contributed by atoms with van der Waals surface area (Å²) >= 11 is 0. The van der Waals surface area contributed by atoms with Crippen LogP contribution in [0.1, 0.15) is 24.6 Å². The van der Waals surface area contributed by atoms with Crippen LogP contribution in [0.2, 0.25) is 0 Å². The minimum absolute atomic E-state index is 0.0574. The number of ether oxygens (including phenoxy) is 3. The van der Waals surface area contributed by atoms with E-state index >= 15 is 0 Å². The van der Waals surface area contributed by atoms with Crippen molar-refractivity contribution in [2.24, 2.45) is 0 Å². The monoisotopic (exact) mass is 419 g/mol. The first-order valence-corrected chi connectivity index (χ1v) is 9.61. The molecule has 0 unspecified atom stereocenters. The zero-order chi connectivity index (χ0) is 22.2. The van der Waals surface area contributed by atoms with Crippen molar-refractivity contribution in [3.8, 4) is 34.6 Å². The van der Waals surface area contributed by atoms with Gasteiger partial charge in [0.25, 0.3) is 5.56 Å². The van der Waals surface area contributed by atoms with Gasteiger partial charge in [-0.2, -0.15) is 5.26 Å². The van der Waals surface area contributed by atoms with Crippen LogP contribution in [0.5, 0.6) is 17.4 Å². The van der Waals surface area contributed by atoms with Crippen LogP contribution in [0, 0.1) is 18.3 Å². The van der Waals surface area contributed by atoms with E-state index in [1.54, 1.807) is 49.5 Å². The van der Waals surface area contributed by atoms with Gasteiger partial charge in [0.05, 0.1) is 13.2 Å². The number of esters is 1. The molecule has 8 heteroatoms.